The number of ether oxygens (including phenoxy) is 4. The highest BCUT2D eigenvalue weighted by atomic mass is 16.7. The molecule has 0 fully saturated rings. The molecule has 7 nitrogen and oxygen atoms in total. The van der Waals surface area contributed by atoms with E-state index in [1.807, 2.05) is 36.4 Å². The minimum Gasteiger partial charge on any atom is -0.457 e. The summed E-state index contributed by atoms with van der Waals surface area (Å²) in [5, 5.41) is 2.75. The molecule has 7 heteroatoms. The minimum atomic E-state index is -0.958. The molecule has 1 heterocycles. The zero-order valence-electron chi connectivity index (χ0n) is 16.9. The lowest BCUT2D eigenvalue weighted by Crippen LogP contribution is -2.35. The molecule has 1 amide bonds. The van der Waals surface area contributed by atoms with Crippen LogP contribution in [0, 0.1) is 0 Å². The molecule has 3 aromatic rings. The Kier molecular flexibility index (Phi) is 6.03. The van der Waals surface area contributed by atoms with E-state index in [1.54, 1.807) is 36.4 Å². The number of esters is 1. The Morgan fingerprint density at radius 1 is 0.935 bits per heavy atom. The van der Waals surface area contributed by atoms with Gasteiger partial charge in [0.1, 0.15) is 11.5 Å². The largest absolute Gasteiger partial charge is 0.457 e. The van der Waals surface area contributed by atoms with Crippen LogP contribution in [0.4, 0.5) is 0 Å². The van der Waals surface area contributed by atoms with Crippen molar-refractivity contribution in [3.8, 4) is 23.0 Å². The lowest BCUT2D eigenvalue weighted by molar-refractivity contribution is -0.129. The Bertz CT molecular complexity index is 1080. The monoisotopic (exact) mass is 419 g/mol. The SMILES string of the molecule is CC(OC(=O)c1cccc(Oc2ccccc2)c1)C(=O)NCc1ccc2c(c1)OCO2. The van der Waals surface area contributed by atoms with Crippen LogP contribution >= 0.6 is 0 Å². The van der Waals surface area contributed by atoms with Crippen LogP contribution in [0.1, 0.15) is 22.8 Å². The number of nitrogens with one attached hydrogen (secondary N) is 1. The summed E-state index contributed by atoms with van der Waals surface area (Å²) in [6.07, 6.45) is -0.958. The van der Waals surface area contributed by atoms with Crippen molar-refractivity contribution in [2.24, 2.45) is 0 Å². The summed E-state index contributed by atoms with van der Waals surface area (Å²) in [7, 11) is 0. The predicted molar refractivity (Wildman–Crippen MR) is 112 cm³/mol. The minimum absolute atomic E-state index is 0.190. The summed E-state index contributed by atoms with van der Waals surface area (Å²) >= 11 is 0. The Morgan fingerprint density at radius 2 is 1.71 bits per heavy atom. The number of hydrogen-bond donors (Lipinski definition) is 1. The van der Waals surface area contributed by atoms with E-state index in [4.69, 9.17) is 18.9 Å². The molecule has 0 bridgehead atoms. The number of hydrogen-bond acceptors (Lipinski definition) is 6. The molecule has 0 radical (unpaired) electrons. The van der Waals surface area contributed by atoms with Gasteiger partial charge in [-0.05, 0) is 55.0 Å². The first-order chi connectivity index (χ1) is 15.1. The van der Waals surface area contributed by atoms with Crippen molar-refractivity contribution in [2.45, 2.75) is 19.6 Å². The van der Waals surface area contributed by atoms with Crippen molar-refractivity contribution in [1.82, 2.24) is 5.32 Å². The van der Waals surface area contributed by atoms with E-state index in [0.29, 0.717) is 28.6 Å². The summed E-state index contributed by atoms with van der Waals surface area (Å²) in [5.41, 5.74) is 1.14. The lowest BCUT2D eigenvalue weighted by Gasteiger charge is -2.14. The zero-order valence-corrected chi connectivity index (χ0v) is 16.9. The van der Waals surface area contributed by atoms with Crippen molar-refractivity contribution in [3.05, 3.63) is 83.9 Å². The van der Waals surface area contributed by atoms with Gasteiger partial charge in [-0.15, -0.1) is 0 Å². The second-order valence-corrected chi connectivity index (χ2v) is 6.90. The van der Waals surface area contributed by atoms with Gasteiger partial charge in [-0.3, -0.25) is 4.79 Å². The predicted octanol–water partition coefficient (Wildman–Crippen LogP) is 4.07. The summed E-state index contributed by atoms with van der Waals surface area (Å²) in [5.74, 6) is 1.47. The molecule has 0 saturated heterocycles. The smallest absolute Gasteiger partial charge is 0.339 e. The third-order valence-corrected chi connectivity index (χ3v) is 4.61. The summed E-state index contributed by atoms with van der Waals surface area (Å²) in [6, 6.07) is 21.3. The number of carbonyl (C=O) groups excluding carboxylic acids is 2. The van der Waals surface area contributed by atoms with Gasteiger partial charge in [0, 0.05) is 6.54 Å². The normalized spacial score (nSPS) is 12.7. The quantitative estimate of drug-likeness (QED) is 0.582. The molecule has 31 heavy (non-hydrogen) atoms. The Labute approximate surface area is 179 Å². The van der Waals surface area contributed by atoms with Gasteiger partial charge in [0.05, 0.1) is 5.56 Å². The van der Waals surface area contributed by atoms with Crippen molar-refractivity contribution in [1.29, 1.82) is 0 Å². The van der Waals surface area contributed by atoms with E-state index in [0.717, 1.165) is 5.56 Å². The first kappa shape index (κ1) is 20.3. The summed E-state index contributed by atoms with van der Waals surface area (Å²) in [4.78, 5) is 24.8. The van der Waals surface area contributed by atoms with Gasteiger partial charge in [-0.2, -0.15) is 0 Å². The Hall–Kier alpha value is -4.00. The first-order valence-electron chi connectivity index (χ1n) is 9.79. The molecule has 4 rings (SSSR count). The molecule has 1 N–H and O–H groups in total. The first-order valence-corrected chi connectivity index (χ1v) is 9.79. The Morgan fingerprint density at radius 3 is 2.55 bits per heavy atom. The van der Waals surface area contributed by atoms with E-state index in [1.165, 1.54) is 6.92 Å². The number of para-hydroxylation sites is 1. The zero-order chi connectivity index (χ0) is 21.6. The van der Waals surface area contributed by atoms with Crippen molar-refractivity contribution >= 4 is 11.9 Å². The van der Waals surface area contributed by atoms with E-state index in [-0.39, 0.29) is 13.3 Å². The number of amides is 1. The maximum Gasteiger partial charge on any atom is 0.339 e. The van der Waals surface area contributed by atoms with Crippen LogP contribution in [-0.4, -0.2) is 24.8 Å². The van der Waals surface area contributed by atoms with Crippen LogP contribution in [0.3, 0.4) is 0 Å². The van der Waals surface area contributed by atoms with Gasteiger partial charge in [0.2, 0.25) is 6.79 Å². The molecule has 3 aromatic carbocycles. The molecular formula is C24H21NO6. The second kappa shape index (κ2) is 9.21. The van der Waals surface area contributed by atoms with Gasteiger partial charge < -0.3 is 24.3 Å². The molecule has 0 saturated carbocycles. The van der Waals surface area contributed by atoms with E-state index in [9.17, 15) is 9.59 Å². The highest BCUT2D eigenvalue weighted by molar-refractivity contribution is 5.92. The third-order valence-electron chi connectivity index (χ3n) is 4.61. The van der Waals surface area contributed by atoms with Crippen LogP contribution in [0.25, 0.3) is 0 Å². The third kappa shape index (κ3) is 5.14. The van der Waals surface area contributed by atoms with Gasteiger partial charge >= 0.3 is 5.97 Å². The van der Waals surface area contributed by atoms with Crippen LogP contribution in [0.5, 0.6) is 23.0 Å². The standard InChI is InChI=1S/C24H21NO6/c1-16(23(26)25-14-17-10-11-21-22(12-17)29-15-28-21)30-24(27)18-6-5-9-20(13-18)31-19-7-3-2-4-8-19/h2-13,16H,14-15H2,1H3,(H,25,26). The average Bonchev–Trinajstić information content (AvgIpc) is 3.26. The van der Waals surface area contributed by atoms with Crippen molar-refractivity contribution in [2.75, 3.05) is 6.79 Å². The maximum atomic E-state index is 12.5. The fraction of sp³-hybridized carbons (Fsp3) is 0.167. The molecule has 0 aliphatic carbocycles. The van der Waals surface area contributed by atoms with E-state index < -0.39 is 18.0 Å². The van der Waals surface area contributed by atoms with Crippen LogP contribution in [0.2, 0.25) is 0 Å². The Balaban J connectivity index is 1.31. The molecule has 0 aromatic heterocycles. The van der Waals surface area contributed by atoms with Crippen LogP contribution < -0.4 is 19.5 Å². The van der Waals surface area contributed by atoms with Crippen LogP contribution in [-0.2, 0) is 16.1 Å². The lowest BCUT2D eigenvalue weighted by atomic mass is 10.2. The summed E-state index contributed by atoms with van der Waals surface area (Å²) < 4.78 is 21.6. The molecule has 0 spiro atoms. The van der Waals surface area contributed by atoms with Crippen molar-refractivity contribution in [3.63, 3.8) is 0 Å². The topological polar surface area (TPSA) is 83.1 Å². The van der Waals surface area contributed by atoms with Gasteiger partial charge in [0.25, 0.3) is 5.91 Å². The average molecular weight is 419 g/mol. The number of carbonyl (C=O) groups is 2. The molecule has 1 atom stereocenters. The highest BCUT2D eigenvalue weighted by Gasteiger charge is 2.20. The number of rotatable bonds is 7. The van der Waals surface area contributed by atoms with Crippen LogP contribution in [0.15, 0.2) is 72.8 Å². The molecule has 158 valence electrons. The van der Waals surface area contributed by atoms with Gasteiger partial charge in [-0.25, -0.2) is 4.79 Å². The fourth-order valence-electron chi connectivity index (χ4n) is 2.98. The molecular weight excluding hydrogens is 398 g/mol. The molecule has 1 aliphatic rings. The molecule has 1 aliphatic heterocycles. The summed E-state index contributed by atoms with van der Waals surface area (Å²) in [6.45, 7) is 1.99. The molecule has 1 unspecified atom stereocenters. The fourth-order valence-corrected chi connectivity index (χ4v) is 2.98. The second-order valence-electron chi connectivity index (χ2n) is 6.90. The maximum absolute atomic E-state index is 12.5. The van der Waals surface area contributed by atoms with E-state index >= 15 is 0 Å². The van der Waals surface area contributed by atoms with Gasteiger partial charge in [0.15, 0.2) is 17.6 Å². The van der Waals surface area contributed by atoms with Crippen molar-refractivity contribution < 1.29 is 28.5 Å². The van der Waals surface area contributed by atoms with Gasteiger partial charge in [-0.1, -0.05) is 30.3 Å². The number of fused-ring (bicyclic) bond motifs is 1. The highest BCUT2D eigenvalue weighted by Crippen LogP contribution is 2.32. The van der Waals surface area contributed by atoms with E-state index in [2.05, 4.69) is 5.32 Å². The number of benzene rings is 3.